The van der Waals surface area contributed by atoms with Gasteiger partial charge in [0.15, 0.2) is 0 Å². The molecule has 6 heterocycles. The minimum Gasteiger partial charge on any atom is -0.423 e. The van der Waals surface area contributed by atoms with Crippen LogP contribution < -0.4 is 36.6 Å². The van der Waals surface area contributed by atoms with Crippen molar-refractivity contribution in [2.75, 3.05) is 14.1 Å². The fourth-order valence-corrected chi connectivity index (χ4v) is 13.3. The standard InChI is InChI=1S/C77H44B2Cl3N10O8/c1-41-31-62-60(34-57(41)80)85-40-65(87-62)56(38-84)71-66-67(69(92(71)79(47-15-9-5-10-16-47)48-17-11-6-12-18-48)43-21-27-50(28-22-43)100-77(98)45-24-30-52-54(33-45)75(96)90(3)73(52)94)70(55(37-83)64-39-86-61-35-58(81)59(82)36-63(61)88-64)91(78-46-13-7-4-8-14-46)68(66)42-19-25-49(26-20-42)99-76(97)44-23-29-51-53(32-44)74(95)89(2)72(51)93/h4-36,39-40H,1-3H3/b70-55-,71-56-. The Balaban J connectivity index is 1.08. The van der Waals surface area contributed by atoms with Crippen LogP contribution in [0.1, 0.15) is 79.1 Å². The van der Waals surface area contributed by atoms with Crippen molar-refractivity contribution in [3.05, 3.63) is 289 Å². The monoisotopic (exact) mass is 1360 g/mol. The van der Waals surface area contributed by atoms with Gasteiger partial charge in [-0.15, -0.1) is 0 Å². The number of imide groups is 2. The zero-order valence-corrected chi connectivity index (χ0v) is 55.0. The van der Waals surface area contributed by atoms with Crippen molar-refractivity contribution in [3.63, 3.8) is 0 Å². The molecule has 477 valence electrons. The number of hydrogen-bond donors (Lipinski definition) is 0. The Morgan fingerprint density at radius 1 is 0.480 bits per heavy atom. The van der Waals surface area contributed by atoms with Crippen LogP contribution in [0.2, 0.25) is 15.1 Å². The molecular weight excluding hydrogens is 1320 g/mol. The van der Waals surface area contributed by atoms with Crippen molar-refractivity contribution in [1.29, 1.82) is 10.5 Å². The minimum absolute atomic E-state index is 0.00118. The lowest BCUT2D eigenvalue weighted by atomic mass is 9.50. The fraction of sp³-hybridized carbons (Fsp3) is 0.0390. The molecule has 0 unspecified atom stereocenters. The first-order valence-electron chi connectivity index (χ1n) is 31.0. The van der Waals surface area contributed by atoms with Crippen LogP contribution >= 0.6 is 34.8 Å². The summed E-state index contributed by atoms with van der Waals surface area (Å²) in [6.07, 6.45) is 2.99. The van der Waals surface area contributed by atoms with Crippen LogP contribution in [0, 0.1) is 29.6 Å². The molecule has 0 saturated heterocycles. The van der Waals surface area contributed by atoms with Gasteiger partial charge in [0.1, 0.15) is 46.2 Å². The van der Waals surface area contributed by atoms with Crippen LogP contribution in [-0.2, 0) is 0 Å². The van der Waals surface area contributed by atoms with E-state index < -0.39 is 42.4 Å². The van der Waals surface area contributed by atoms with Crippen LogP contribution in [0.25, 0.3) is 66.5 Å². The Kier molecular flexibility index (Phi) is 16.2. The zero-order chi connectivity index (χ0) is 69.4. The topological polar surface area (TPSA) is 236 Å². The third-order valence-electron chi connectivity index (χ3n) is 17.7. The maximum absolute atomic E-state index is 14.2. The number of fused-ring (bicyclic) bond motifs is 5. The Morgan fingerprint density at radius 2 is 0.900 bits per heavy atom. The van der Waals surface area contributed by atoms with Gasteiger partial charge in [0.2, 0.25) is 0 Å². The molecule has 2 aliphatic heterocycles. The molecule has 23 heteroatoms. The predicted octanol–water partition coefficient (Wildman–Crippen LogP) is 10.7. The third-order valence-corrected chi connectivity index (χ3v) is 18.8. The van der Waals surface area contributed by atoms with Crippen LogP contribution in [0.3, 0.4) is 0 Å². The predicted molar refractivity (Wildman–Crippen MR) is 381 cm³/mol. The molecule has 4 aromatic heterocycles. The summed E-state index contributed by atoms with van der Waals surface area (Å²) < 4.78 is 16.0. The lowest BCUT2D eigenvalue weighted by molar-refractivity contribution is 0.0677. The SMILES string of the molecule is Cc1cc2nc(/C(C#N)=c3/c4c(-c5ccc(OC(=O)c6ccc7c(c6)C(=O)N(C)C7=O)cc5)n([B]c5ccccc5)/c(=C(/C#N)c5cnc6cc(Cl)c(Cl)cc6n5)c4c(-c4ccc(OC(=O)c5ccc6c(c5)C(=O)N(C)C6=O)cc4)n3B(c3ccccc3)c3ccccc3)cnc2cc1Cl. The lowest BCUT2D eigenvalue weighted by Crippen LogP contribution is -2.53. The van der Waals surface area contributed by atoms with Crippen molar-refractivity contribution in [2.45, 2.75) is 6.92 Å². The first kappa shape index (κ1) is 63.5. The number of benzene rings is 9. The van der Waals surface area contributed by atoms with E-state index in [-0.39, 0.29) is 82.8 Å². The molecule has 15 rings (SSSR count). The Bertz CT molecular complexity index is 5920. The molecular formula is C77H44B2Cl3N10O8. The van der Waals surface area contributed by atoms with Crippen molar-refractivity contribution < 1.29 is 38.2 Å². The Hall–Kier alpha value is -12.6. The van der Waals surface area contributed by atoms with Gasteiger partial charge in [-0.05, 0) is 133 Å². The Morgan fingerprint density at radius 3 is 1.39 bits per heavy atom. The molecule has 2 aliphatic rings. The smallest absolute Gasteiger partial charge is 0.343 e. The van der Waals surface area contributed by atoms with Crippen LogP contribution in [-0.4, -0.2) is 103 Å². The van der Waals surface area contributed by atoms with E-state index in [1.165, 1.54) is 62.9 Å². The molecule has 0 aliphatic carbocycles. The average molecular weight is 1370 g/mol. The van der Waals surface area contributed by atoms with E-state index in [1.807, 2.05) is 110 Å². The second-order valence-electron chi connectivity index (χ2n) is 23.7. The molecule has 1 radical (unpaired) electrons. The normalized spacial score (nSPS) is 13.1. The highest BCUT2D eigenvalue weighted by Gasteiger charge is 2.38. The number of carbonyl (C=O) groups excluding carboxylic acids is 6. The van der Waals surface area contributed by atoms with Crippen molar-refractivity contribution in [2.24, 2.45) is 0 Å². The number of carbonyl (C=O) groups is 6. The summed E-state index contributed by atoms with van der Waals surface area (Å²) in [5.41, 5.74) is 7.07. The van der Waals surface area contributed by atoms with Gasteiger partial charge in [-0.3, -0.25) is 38.9 Å². The number of ether oxygens (including phenoxy) is 2. The highest BCUT2D eigenvalue weighted by atomic mass is 35.5. The maximum Gasteiger partial charge on any atom is 0.343 e. The van der Waals surface area contributed by atoms with Gasteiger partial charge in [0.25, 0.3) is 31.0 Å². The highest BCUT2D eigenvalue weighted by Crippen LogP contribution is 2.38. The van der Waals surface area contributed by atoms with E-state index in [4.69, 9.17) is 64.2 Å². The van der Waals surface area contributed by atoms with Crippen LogP contribution in [0.4, 0.5) is 0 Å². The van der Waals surface area contributed by atoms with Crippen LogP contribution in [0.15, 0.2) is 213 Å². The van der Waals surface area contributed by atoms with Crippen molar-refractivity contribution >= 4 is 145 Å². The summed E-state index contributed by atoms with van der Waals surface area (Å²) in [5.74, 6) is -3.54. The zero-order valence-electron chi connectivity index (χ0n) is 52.7. The molecule has 9 aromatic carbocycles. The Labute approximate surface area is 584 Å². The van der Waals surface area contributed by atoms with Gasteiger partial charge >= 0.3 is 18.8 Å². The molecule has 4 amide bonds. The van der Waals surface area contributed by atoms with Crippen molar-refractivity contribution in [1.82, 2.24) is 38.7 Å². The summed E-state index contributed by atoms with van der Waals surface area (Å²) in [7, 11) is 4.59. The molecule has 0 atom stereocenters. The second-order valence-corrected chi connectivity index (χ2v) is 24.9. The van der Waals surface area contributed by atoms with Gasteiger partial charge < -0.3 is 18.4 Å². The number of halogens is 3. The number of aromatic nitrogens is 6. The number of nitrogens with zero attached hydrogens (tertiary/aromatic N) is 10. The van der Waals surface area contributed by atoms with Crippen molar-refractivity contribution in [3.8, 4) is 46.2 Å². The van der Waals surface area contributed by atoms with E-state index in [9.17, 15) is 39.3 Å². The maximum atomic E-state index is 14.2. The second kappa shape index (κ2) is 25.4. The first-order chi connectivity index (χ1) is 48.5. The molecule has 13 aromatic rings. The van der Waals surface area contributed by atoms with Gasteiger partial charge in [-0.2, -0.15) is 10.5 Å². The molecule has 0 N–H and O–H groups in total. The molecule has 100 heavy (non-hydrogen) atoms. The van der Waals surface area contributed by atoms with E-state index >= 15 is 0 Å². The van der Waals surface area contributed by atoms with E-state index in [1.54, 1.807) is 72.8 Å². The average Bonchev–Trinajstić information content (AvgIpc) is 1.53. The highest BCUT2D eigenvalue weighted by molar-refractivity contribution is 6.84. The summed E-state index contributed by atoms with van der Waals surface area (Å²) >= 11 is 20.0. The minimum atomic E-state index is -0.830. The van der Waals surface area contributed by atoms with E-state index in [2.05, 4.69) is 16.6 Å². The summed E-state index contributed by atoms with van der Waals surface area (Å²) in [6.45, 7) is 1.01. The third kappa shape index (κ3) is 11.0. The fourth-order valence-electron chi connectivity index (χ4n) is 12.8. The number of amides is 4. The van der Waals surface area contributed by atoms with Gasteiger partial charge in [0, 0.05) is 41.3 Å². The van der Waals surface area contributed by atoms with E-state index in [0.29, 0.717) is 76.8 Å². The summed E-state index contributed by atoms with van der Waals surface area (Å²) in [5, 5.41) is 26.8. The molecule has 0 spiro atoms. The molecule has 0 bridgehead atoms. The quantitative estimate of drug-likeness (QED) is 0.0452. The number of aryl methyl sites for hydroxylation is 1. The van der Waals surface area contributed by atoms with Gasteiger partial charge in [0.05, 0.1) is 88.6 Å². The van der Waals surface area contributed by atoms with Crippen LogP contribution in [0.5, 0.6) is 11.5 Å². The number of esters is 2. The number of nitriles is 2. The van der Waals surface area contributed by atoms with Gasteiger partial charge in [-0.1, -0.05) is 142 Å². The molecule has 0 saturated carbocycles. The lowest BCUT2D eigenvalue weighted by Gasteiger charge is -2.22. The largest absolute Gasteiger partial charge is 0.423 e. The first-order valence-corrected chi connectivity index (χ1v) is 32.1. The summed E-state index contributed by atoms with van der Waals surface area (Å²) in [6, 6.07) is 62.3. The number of hydrogen-bond acceptors (Lipinski definition) is 14. The van der Waals surface area contributed by atoms with E-state index in [0.717, 1.165) is 20.7 Å². The summed E-state index contributed by atoms with van der Waals surface area (Å²) in [4.78, 5) is 102. The molecule has 0 fully saturated rings. The van der Waals surface area contributed by atoms with Gasteiger partial charge in [-0.25, -0.2) is 19.6 Å². The number of rotatable bonds is 13. The molecule has 18 nitrogen and oxygen atoms in total.